The maximum Gasteiger partial charge on any atom is 0.276 e. The van der Waals surface area contributed by atoms with Crippen molar-refractivity contribution in [3.8, 4) is 17.2 Å². The fraction of sp³-hybridized carbons (Fsp3) is 0.160. The first-order chi connectivity index (χ1) is 16.9. The van der Waals surface area contributed by atoms with Crippen LogP contribution in [0.2, 0.25) is 0 Å². The number of nitrogens with one attached hydrogen (secondary N) is 3. The van der Waals surface area contributed by atoms with Gasteiger partial charge in [-0.2, -0.15) is 0 Å². The van der Waals surface area contributed by atoms with Crippen LogP contribution in [0.4, 0.5) is 0 Å². The second-order valence-corrected chi connectivity index (χ2v) is 8.46. The number of thiocarbonyl (C=S) groups is 1. The first-order valence-corrected chi connectivity index (χ1v) is 11.8. The minimum Gasteiger partial charge on any atom is -0.490 e. The van der Waals surface area contributed by atoms with Crippen molar-refractivity contribution in [1.29, 1.82) is 0 Å². The molecule has 0 aliphatic rings. The van der Waals surface area contributed by atoms with Gasteiger partial charge in [0.2, 0.25) is 0 Å². The van der Waals surface area contributed by atoms with Gasteiger partial charge in [0.05, 0.1) is 0 Å². The molecule has 0 heterocycles. The van der Waals surface area contributed by atoms with Crippen LogP contribution in [0.1, 0.15) is 15.9 Å². The molecule has 3 aromatic carbocycles. The highest BCUT2D eigenvalue weighted by Gasteiger charge is 2.10. The third-order valence-electron chi connectivity index (χ3n) is 4.50. The molecule has 0 aromatic heterocycles. The Labute approximate surface area is 217 Å². The number of hydrazine groups is 1. The monoisotopic (exact) mass is 557 g/mol. The van der Waals surface area contributed by atoms with Crippen LogP contribution in [0, 0.1) is 6.92 Å². The fourth-order valence-electron chi connectivity index (χ4n) is 2.79. The van der Waals surface area contributed by atoms with Crippen LogP contribution in [0.5, 0.6) is 17.2 Å². The fourth-order valence-corrected chi connectivity index (χ4v) is 3.18. The highest BCUT2D eigenvalue weighted by atomic mass is 79.9. The highest BCUT2D eigenvalue weighted by Crippen LogP contribution is 2.21. The van der Waals surface area contributed by atoms with E-state index in [2.05, 4.69) is 32.1 Å². The normalized spacial score (nSPS) is 10.1. The van der Waals surface area contributed by atoms with Crippen molar-refractivity contribution in [1.82, 2.24) is 16.2 Å². The Hall–Kier alpha value is -3.63. The van der Waals surface area contributed by atoms with Gasteiger partial charge in [-0.3, -0.25) is 25.8 Å². The van der Waals surface area contributed by atoms with Crippen LogP contribution in [-0.2, 0) is 4.79 Å². The van der Waals surface area contributed by atoms with E-state index in [0.717, 1.165) is 15.8 Å². The predicted octanol–water partition coefficient (Wildman–Crippen LogP) is 3.93. The Kier molecular flexibility index (Phi) is 9.88. The van der Waals surface area contributed by atoms with Gasteiger partial charge in [0.1, 0.15) is 30.5 Å². The van der Waals surface area contributed by atoms with Gasteiger partial charge in [-0.25, -0.2) is 0 Å². The lowest BCUT2D eigenvalue weighted by molar-refractivity contribution is -0.123. The molecule has 0 saturated carbocycles. The standard InChI is InChI=1S/C25H24BrN3O5S/c1-17-14-21(10-11-22(17)26)34-16-23(30)28-29-25(35)27-24(31)18-6-5-9-20(15-18)33-13-12-32-19-7-3-2-4-8-19/h2-11,14-15H,12-13,16H2,1H3,(H,28,30)(H2,27,29,31,35). The summed E-state index contributed by atoms with van der Waals surface area (Å²) in [5, 5.41) is 2.43. The van der Waals surface area contributed by atoms with Crippen LogP contribution in [0.3, 0.4) is 0 Å². The molecule has 8 nitrogen and oxygen atoms in total. The summed E-state index contributed by atoms with van der Waals surface area (Å²) in [6.45, 7) is 2.37. The number of rotatable bonds is 9. The van der Waals surface area contributed by atoms with E-state index in [1.165, 1.54) is 0 Å². The van der Waals surface area contributed by atoms with Crippen molar-refractivity contribution in [2.45, 2.75) is 6.92 Å². The molecule has 10 heteroatoms. The molecule has 3 N–H and O–H groups in total. The van der Waals surface area contributed by atoms with Gasteiger partial charge in [-0.05, 0) is 73.2 Å². The Morgan fingerprint density at radius 1 is 0.829 bits per heavy atom. The van der Waals surface area contributed by atoms with E-state index >= 15 is 0 Å². The van der Waals surface area contributed by atoms with Gasteiger partial charge in [0, 0.05) is 10.0 Å². The zero-order valence-electron chi connectivity index (χ0n) is 18.9. The number of ether oxygens (including phenoxy) is 3. The molecule has 0 fully saturated rings. The van der Waals surface area contributed by atoms with Crippen molar-refractivity contribution in [2.24, 2.45) is 0 Å². The maximum atomic E-state index is 12.5. The van der Waals surface area contributed by atoms with Crippen molar-refractivity contribution in [2.75, 3.05) is 19.8 Å². The summed E-state index contributed by atoms with van der Waals surface area (Å²) in [7, 11) is 0. The van der Waals surface area contributed by atoms with Gasteiger partial charge >= 0.3 is 0 Å². The van der Waals surface area contributed by atoms with Gasteiger partial charge in [-0.15, -0.1) is 0 Å². The molecule has 2 amide bonds. The number of amides is 2. The largest absolute Gasteiger partial charge is 0.490 e. The average Bonchev–Trinajstić information content (AvgIpc) is 2.87. The maximum absolute atomic E-state index is 12.5. The molecule has 0 aliphatic heterocycles. The van der Waals surface area contributed by atoms with Crippen LogP contribution in [0.25, 0.3) is 0 Å². The van der Waals surface area contributed by atoms with Gasteiger partial charge < -0.3 is 14.2 Å². The molecular formula is C25H24BrN3O5S. The van der Waals surface area contributed by atoms with E-state index in [1.54, 1.807) is 30.3 Å². The molecule has 0 spiro atoms. The minimum absolute atomic E-state index is 0.0644. The molecule has 0 bridgehead atoms. The second kappa shape index (κ2) is 13.3. The highest BCUT2D eigenvalue weighted by molar-refractivity contribution is 9.10. The zero-order valence-corrected chi connectivity index (χ0v) is 21.3. The molecule has 0 unspecified atom stereocenters. The summed E-state index contributed by atoms with van der Waals surface area (Å²) in [6, 6.07) is 21.5. The number of hydrogen-bond acceptors (Lipinski definition) is 6. The van der Waals surface area contributed by atoms with Crippen molar-refractivity contribution in [3.05, 3.63) is 88.4 Å². The summed E-state index contributed by atoms with van der Waals surface area (Å²) in [5.74, 6) is 0.916. The first-order valence-electron chi connectivity index (χ1n) is 10.6. The molecule has 182 valence electrons. The topological polar surface area (TPSA) is 97.9 Å². The molecule has 3 rings (SSSR count). The Morgan fingerprint density at radius 2 is 1.51 bits per heavy atom. The number of carbonyl (C=O) groups excluding carboxylic acids is 2. The van der Waals surface area contributed by atoms with Crippen molar-refractivity contribution < 1.29 is 23.8 Å². The number of aryl methyl sites for hydroxylation is 1. The lowest BCUT2D eigenvalue weighted by Crippen LogP contribution is -2.49. The molecule has 0 atom stereocenters. The van der Waals surface area contributed by atoms with Crippen LogP contribution in [0.15, 0.2) is 77.3 Å². The third-order valence-corrected chi connectivity index (χ3v) is 5.60. The van der Waals surface area contributed by atoms with Crippen LogP contribution < -0.4 is 30.4 Å². The van der Waals surface area contributed by atoms with Gasteiger partial charge in [-0.1, -0.05) is 40.2 Å². The third kappa shape index (κ3) is 8.91. The Morgan fingerprint density at radius 3 is 2.26 bits per heavy atom. The van der Waals surface area contributed by atoms with E-state index in [9.17, 15) is 9.59 Å². The van der Waals surface area contributed by atoms with E-state index in [1.807, 2.05) is 49.4 Å². The van der Waals surface area contributed by atoms with E-state index in [4.69, 9.17) is 26.4 Å². The number of carbonyl (C=O) groups is 2. The smallest absolute Gasteiger partial charge is 0.276 e. The lowest BCUT2D eigenvalue weighted by atomic mass is 10.2. The molecule has 0 aliphatic carbocycles. The van der Waals surface area contributed by atoms with E-state index < -0.39 is 11.8 Å². The van der Waals surface area contributed by atoms with Gasteiger partial charge in [0.25, 0.3) is 11.8 Å². The molecule has 35 heavy (non-hydrogen) atoms. The second-order valence-electron chi connectivity index (χ2n) is 7.19. The molecule has 0 radical (unpaired) electrons. The number of benzene rings is 3. The summed E-state index contributed by atoms with van der Waals surface area (Å²) in [5.41, 5.74) is 6.18. The zero-order chi connectivity index (χ0) is 25.0. The number of hydrogen-bond donors (Lipinski definition) is 3. The number of para-hydroxylation sites is 1. The Bertz CT molecular complexity index is 1180. The Balaban J connectivity index is 1.37. The summed E-state index contributed by atoms with van der Waals surface area (Å²) in [6.07, 6.45) is 0. The predicted molar refractivity (Wildman–Crippen MR) is 140 cm³/mol. The quantitative estimate of drug-likeness (QED) is 0.208. The minimum atomic E-state index is -0.463. The summed E-state index contributed by atoms with van der Waals surface area (Å²) in [4.78, 5) is 24.5. The van der Waals surface area contributed by atoms with E-state index in [-0.39, 0.29) is 11.7 Å². The summed E-state index contributed by atoms with van der Waals surface area (Å²) < 4.78 is 17.6. The SMILES string of the molecule is Cc1cc(OCC(=O)NNC(=S)NC(=O)c2cccc(OCCOc3ccccc3)c2)ccc1Br. The van der Waals surface area contributed by atoms with Crippen molar-refractivity contribution >= 4 is 45.1 Å². The summed E-state index contributed by atoms with van der Waals surface area (Å²) >= 11 is 8.48. The molecular weight excluding hydrogens is 534 g/mol. The lowest BCUT2D eigenvalue weighted by Gasteiger charge is -2.12. The van der Waals surface area contributed by atoms with E-state index in [0.29, 0.717) is 30.3 Å². The number of halogens is 1. The molecule has 3 aromatic rings. The van der Waals surface area contributed by atoms with Gasteiger partial charge in [0.15, 0.2) is 11.7 Å². The van der Waals surface area contributed by atoms with Crippen LogP contribution >= 0.6 is 28.1 Å². The molecule has 0 saturated heterocycles. The average molecular weight is 558 g/mol. The van der Waals surface area contributed by atoms with Crippen molar-refractivity contribution in [3.63, 3.8) is 0 Å². The van der Waals surface area contributed by atoms with Crippen LogP contribution in [-0.4, -0.2) is 36.7 Å². The first kappa shape index (κ1) is 26.0.